The molecule has 0 aliphatic carbocycles. The van der Waals surface area contributed by atoms with Gasteiger partial charge in [-0.2, -0.15) is 4.98 Å². The second-order valence-electron chi connectivity index (χ2n) is 7.35. The van der Waals surface area contributed by atoms with E-state index in [0.29, 0.717) is 29.8 Å². The summed E-state index contributed by atoms with van der Waals surface area (Å²) in [4.78, 5) is 22.4. The Morgan fingerprint density at radius 2 is 1.87 bits per heavy atom. The third-order valence-corrected chi connectivity index (χ3v) is 6.09. The van der Waals surface area contributed by atoms with Crippen molar-refractivity contribution < 1.29 is 9.32 Å². The van der Waals surface area contributed by atoms with Gasteiger partial charge >= 0.3 is 0 Å². The summed E-state index contributed by atoms with van der Waals surface area (Å²) in [7, 11) is 0. The molecule has 1 aliphatic heterocycles. The predicted octanol–water partition coefficient (Wildman–Crippen LogP) is 3.87. The summed E-state index contributed by atoms with van der Waals surface area (Å²) in [6, 6.07) is 15.2. The normalized spacial score (nSPS) is 15.2. The fourth-order valence-electron chi connectivity index (χ4n) is 3.44. The molecule has 3 aromatic rings. The van der Waals surface area contributed by atoms with Crippen LogP contribution in [0.4, 0.5) is 5.69 Å². The highest BCUT2D eigenvalue weighted by Gasteiger charge is 2.21. The number of amides is 1. The fraction of sp³-hybridized carbons (Fsp3) is 0.318. The molecule has 0 bridgehead atoms. The van der Waals surface area contributed by atoms with Crippen molar-refractivity contribution in [2.45, 2.75) is 11.4 Å². The number of aromatic nitrogens is 2. The SMILES string of the molecule is CSc1cccc(NC(=O)CN2CCN(Cc3nc(-c4ccc(Cl)cc4)no3)CC2)c1. The van der Waals surface area contributed by atoms with E-state index in [4.69, 9.17) is 16.1 Å². The van der Waals surface area contributed by atoms with E-state index in [1.807, 2.05) is 54.8 Å². The molecule has 1 saturated heterocycles. The second-order valence-corrected chi connectivity index (χ2v) is 8.67. The molecular formula is C22H24ClN5O2S. The molecule has 1 N–H and O–H groups in total. The van der Waals surface area contributed by atoms with Gasteiger partial charge in [0.05, 0.1) is 13.1 Å². The minimum absolute atomic E-state index is 0.0104. The van der Waals surface area contributed by atoms with Gasteiger partial charge in [0.2, 0.25) is 17.6 Å². The Bertz CT molecular complexity index is 1020. The van der Waals surface area contributed by atoms with Crippen LogP contribution in [-0.4, -0.2) is 64.8 Å². The Morgan fingerprint density at radius 3 is 2.61 bits per heavy atom. The van der Waals surface area contributed by atoms with Crippen molar-refractivity contribution in [3.63, 3.8) is 0 Å². The van der Waals surface area contributed by atoms with E-state index in [2.05, 4.69) is 25.3 Å². The molecule has 0 atom stereocenters. The number of hydrogen-bond acceptors (Lipinski definition) is 7. The number of piperazine rings is 1. The Labute approximate surface area is 190 Å². The molecule has 1 aromatic heterocycles. The number of hydrogen-bond donors (Lipinski definition) is 1. The number of anilines is 1. The summed E-state index contributed by atoms with van der Waals surface area (Å²) in [5, 5.41) is 7.73. The third-order valence-electron chi connectivity index (χ3n) is 5.11. The summed E-state index contributed by atoms with van der Waals surface area (Å²) in [5.74, 6) is 1.16. The maximum atomic E-state index is 12.4. The van der Waals surface area contributed by atoms with Crippen LogP contribution >= 0.6 is 23.4 Å². The largest absolute Gasteiger partial charge is 0.338 e. The number of nitrogens with zero attached hydrogens (tertiary/aromatic N) is 4. The number of carbonyl (C=O) groups excluding carboxylic acids is 1. The van der Waals surface area contributed by atoms with Crippen molar-refractivity contribution in [2.24, 2.45) is 0 Å². The van der Waals surface area contributed by atoms with Crippen molar-refractivity contribution in [1.29, 1.82) is 0 Å². The Kier molecular flexibility index (Phi) is 7.24. The first kappa shape index (κ1) is 21.8. The van der Waals surface area contributed by atoms with E-state index in [9.17, 15) is 4.79 Å². The van der Waals surface area contributed by atoms with Crippen LogP contribution in [0.15, 0.2) is 57.9 Å². The van der Waals surface area contributed by atoms with Gasteiger partial charge in [-0.25, -0.2) is 0 Å². The van der Waals surface area contributed by atoms with E-state index >= 15 is 0 Å². The van der Waals surface area contributed by atoms with Gasteiger partial charge in [0.25, 0.3) is 0 Å². The highest BCUT2D eigenvalue weighted by Crippen LogP contribution is 2.20. The van der Waals surface area contributed by atoms with Crippen LogP contribution < -0.4 is 5.32 Å². The molecule has 2 heterocycles. The van der Waals surface area contributed by atoms with Crippen molar-refractivity contribution in [2.75, 3.05) is 44.3 Å². The first-order chi connectivity index (χ1) is 15.1. The fourth-order valence-corrected chi connectivity index (χ4v) is 4.02. The van der Waals surface area contributed by atoms with E-state index in [-0.39, 0.29) is 5.91 Å². The maximum absolute atomic E-state index is 12.4. The van der Waals surface area contributed by atoms with E-state index in [1.165, 1.54) is 0 Å². The van der Waals surface area contributed by atoms with Crippen LogP contribution in [0.2, 0.25) is 5.02 Å². The Balaban J connectivity index is 1.23. The van der Waals surface area contributed by atoms with Crippen LogP contribution in [0.1, 0.15) is 5.89 Å². The highest BCUT2D eigenvalue weighted by atomic mass is 35.5. The third kappa shape index (κ3) is 6.07. The molecule has 4 rings (SSSR count). The lowest BCUT2D eigenvalue weighted by molar-refractivity contribution is -0.117. The predicted molar refractivity (Wildman–Crippen MR) is 123 cm³/mol. The summed E-state index contributed by atoms with van der Waals surface area (Å²) >= 11 is 7.59. The lowest BCUT2D eigenvalue weighted by Gasteiger charge is -2.33. The van der Waals surface area contributed by atoms with Crippen LogP contribution in [-0.2, 0) is 11.3 Å². The number of benzene rings is 2. The molecular weight excluding hydrogens is 434 g/mol. The highest BCUT2D eigenvalue weighted by molar-refractivity contribution is 7.98. The van der Waals surface area contributed by atoms with E-state index in [1.54, 1.807) is 11.8 Å². The van der Waals surface area contributed by atoms with Gasteiger partial charge in [0.15, 0.2) is 0 Å². The minimum atomic E-state index is 0.0104. The van der Waals surface area contributed by atoms with Crippen LogP contribution in [0.25, 0.3) is 11.4 Å². The van der Waals surface area contributed by atoms with Crippen LogP contribution in [0.3, 0.4) is 0 Å². The average molecular weight is 458 g/mol. The zero-order valence-electron chi connectivity index (χ0n) is 17.3. The molecule has 162 valence electrons. The molecule has 1 fully saturated rings. The van der Waals surface area contributed by atoms with E-state index in [0.717, 1.165) is 42.3 Å². The van der Waals surface area contributed by atoms with Crippen molar-refractivity contribution in [3.05, 3.63) is 59.4 Å². The van der Waals surface area contributed by atoms with Crippen LogP contribution in [0.5, 0.6) is 0 Å². The lowest BCUT2D eigenvalue weighted by atomic mass is 10.2. The van der Waals surface area contributed by atoms with Gasteiger partial charge in [0.1, 0.15) is 0 Å². The number of nitrogens with one attached hydrogen (secondary N) is 1. The average Bonchev–Trinajstić information content (AvgIpc) is 3.24. The smallest absolute Gasteiger partial charge is 0.241 e. The summed E-state index contributed by atoms with van der Waals surface area (Å²) in [6.45, 7) is 4.30. The van der Waals surface area contributed by atoms with Gasteiger partial charge in [-0.3, -0.25) is 14.6 Å². The quantitative estimate of drug-likeness (QED) is 0.540. The molecule has 0 radical (unpaired) electrons. The zero-order chi connectivity index (χ0) is 21.6. The van der Waals surface area contributed by atoms with Crippen molar-refractivity contribution >= 4 is 35.0 Å². The number of halogens is 1. The molecule has 31 heavy (non-hydrogen) atoms. The molecule has 1 aliphatic rings. The summed E-state index contributed by atoms with van der Waals surface area (Å²) in [6.07, 6.45) is 2.02. The Morgan fingerprint density at radius 1 is 1.13 bits per heavy atom. The second kappa shape index (κ2) is 10.3. The Hall–Kier alpha value is -2.39. The van der Waals surface area contributed by atoms with Gasteiger partial charge in [-0.1, -0.05) is 22.8 Å². The van der Waals surface area contributed by atoms with Gasteiger partial charge in [0, 0.05) is 47.3 Å². The maximum Gasteiger partial charge on any atom is 0.241 e. The first-order valence-electron chi connectivity index (χ1n) is 10.1. The summed E-state index contributed by atoms with van der Waals surface area (Å²) in [5.41, 5.74) is 1.71. The molecule has 1 amide bonds. The van der Waals surface area contributed by atoms with Crippen LogP contribution in [0, 0.1) is 0 Å². The van der Waals surface area contributed by atoms with Crippen molar-refractivity contribution in [3.8, 4) is 11.4 Å². The van der Waals surface area contributed by atoms with Crippen molar-refractivity contribution in [1.82, 2.24) is 19.9 Å². The van der Waals surface area contributed by atoms with Gasteiger partial charge < -0.3 is 9.84 Å². The molecule has 0 unspecified atom stereocenters. The molecule has 7 nitrogen and oxygen atoms in total. The zero-order valence-corrected chi connectivity index (χ0v) is 18.8. The molecule has 2 aromatic carbocycles. The molecule has 0 spiro atoms. The number of thioether (sulfide) groups is 1. The van der Waals surface area contributed by atoms with Gasteiger partial charge in [-0.15, -0.1) is 11.8 Å². The number of carbonyl (C=O) groups is 1. The van der Waals surface area contributed by atoms with Gasteiger partial charge in [-0.05, 0) is 48.7 Å². The minimum Gasteiger partial charge on any atom is -0.338 e. The monoisotopic (exact) mass is 457 g/mol. The standard InChI is InChI=1S/C22H24ClN5O2S/c1-31-19-4-2-3-18(13-19)24-20(29)14-27-9-11-28(12-10-27)15-21-25-22(26-30-21)16-5-7-17(23)8-6-16/h2-8,13H,9-12,14-15H2,1H3,(H,24,29). The topological polar surface area (TPSA) is 74.5 Å². The molecule has 0 saturated carbocycles. The number of rotatable bonds is 7. The lowest BCUT2D eigenvalue weighted by Crippen LogP contribution is -2.48. The molecule has 9 heteroatoms. The summed E-state index contributed by atoms with van der Waals surface area (Å²) < 4.78 is 5.41. The van der Waals surface area contributed by atoms with E-state index < -0.39 is 0 Å². The first-order valence-corrected chi connectivity index (χ1v) is 11.7.